The van der Waals surface area contributed by atoms with Crippen LogP contribution in [0.5, 0.6) is 11.5 Å². The van der Waals surface area contributed by atoms with Crippen molar-refractivity contribution in [2.24, 2.45) is 5.73 Å². The average Bonchev–Trinajstić information content (AvgIpc) is 2.38. The van der Waals surface area contributed by atoms with Crippen molar-refractivity contribution in [1.29, 1.82) is 0 Å². The van der Waals surface area contributed by atoms with Crippen molar-refractivity contribution in [3.8, 4) is 22.8 Å². The highest BCUT2D eigenvalue weighted by Crippen LogP contribution is 2.37. The molecule has 0 saturated heterocycles. The fourth-order valence-corrected chi connectivity index (χ4v) is 1.65. The summed E-state index contributed by atoms with van der Waals surface area (Å²) in [7, 11) is 1.43. The van der Waals surface area contributed by atoms with Crippen LogP contribution >= 0.6 is 0 Å². The number of nitrogens with two attached hydrogens (primary N) is 1. The van der Waals surface area contributed by atoms with Crippen LogP contribution in [0, 0.1) is 5.82 Å². The van der Waals surface area contributed by atoms with Crippen molar-refractivity contribution in [3.63, 3.8) is 0 Å². The summed E-state index contributed by atoms with van der Waals surface area (Å²) in [4.78, 5) is 14.8. The van der Waals surface area contributed by atoms with Crippen LogP contribution in [0.3, 0.4) is 0 Å². The van der Waals surface area contributed by atoms with Crippen molar-refractivity contribution in [3.05, 3.63) is 42.3 Å². The fourth-order valence-electron chi connectivity index (χ4n) is 1.65. The molecule has 2 aromatic rings. The molecule has 2 rings (SSSR count). The number of methoxy groups -OCH3 is 1. The Labute approximate surface area is 108 Å². The number of ether oxygens (including phenoxy) is 2. The molecule has 1 heterocycles. The maximum absolute atomic E-state index is 12.9. The smallest absolute Gasteiger partial charge is 0.410 e. The lowest BCUT2D eigenvalue weighted by Crippen LogP contribution is -2.16. The molecule has 0 aliphatic heterocycles. The van der Waals surface area contributed by atoms with E-state index in [9.17, 15) is 9.18 Å². The lowest BCUT2D eigenvalue weighted by molar-refractivity contribution is 0.209. The Morgan fingerprint density at radius 3 is 2.68 bits per heavy atom. The normalized spacial score (nSPS) is 10.0. The number of benzene rings is 1. The van der Waals surface area contributed by atoms with E-state index in [-0.39, 0.29) is 5.75 Å². The predicted molar refractivity (Wildman–Crippen MR) is 66.4 cm³/mol. The van der Waals surface area contributed by atoms with Gasteiger partial charge in [-0.2, -0.15) is 0 Å². The van der Waals surface area contributed by atoms with E-state index in [2.05, 4.69) is 4.98 Å². The zero-order chi connectivity index (χ0) is 13.8. The molecular formula is C13H11FN2O3. The van der Waals surface area contributed by atoms with E-state index in [0.29, 0.717) is 17.0 Å². The maximum Gasteiger partial charge on any atom is 0.410 e. The van der Waals surface area contributed by atoms with E-state index in [4.69, 9.17) is 15.2 Å². The average molecular weight is 262 g/mol. The molecule has 1 amide bonds. The molecule has 0 bridgehead atoms. The first-order valence-corrected chi connectivity index (χ1v) is 5.38. The second kappa shape index (κ2) is 5.34. The van der Waals surface area contributed by atoms with Gasteiger partial charge < -0.3 is 15.2 Å². The van der Waals surface area contributed by atoms with Crippen LogP contribution in [0.25, 0.3) is 11.3 Å². The van der Waals surface area contributed by atoms with E-state index in [1.807, 2.05) is 0 Å². The summed E-state index contributed by atoms with van der Waals surface area (Å²) < 4.78 is 22.9. The molecule has 1 aromatic carbocycles. The number of pyridine rings is 1. The van der Waals surface area contributed by atoms with Gasteiger partial charge in [-0.15, -0.1) is 0 Å². The first kappa shape index (κ1) is 12.8. The fraction of sp³-hybridized carbons (Fsp3) is 0.0769. The molecule has 0 radical (unpaired) electrons. The van der Waals surface area contributed by atoms with Gasteiger partial charge in [-0.1, -0.05) is 6.07 Å². The molecule has 5 nitrogen and oxygen atoms in total. The minimum Gasteiger partial charge on any atom is -0.492 e. The molecular weight excluding hydrogens is 251 g/mol. The number of carbonyl (C=O) groups is 1. The molecule has 19 heavy (non-hydrogen) atoms. The minimum absolute atomic E-state index is 0.179. The van der Waals surface area contributed by atoms with Crippen molar-refractivity contribution < 1.29 is 18.7 Å². The summed E-state index contributed by atoms with van der Waals surface area (Å²) in [5, 5.41) is 0. The number of nitrogens with zero attached hydrogens (tertiary/aromatic N) is 1. The van der Waals surface area contributed by atoms with Crippen LogP contribution in [0.15, 0.2) is 36.5 Å². The molecule has 0 fully saturated rings. The van der Waals surface area contributed by atoms with Gasteiger partial charge in [0.15, 0.2) is 11.5 Å². The van der Waals surface area contributed by atoms with Gasteiger partial charge >= 0.3 is 6.09 Å². The Morgan fingerprint density at radius 2 is 2.11 bits per heavy atom. The number of amides is 1. The zero-order valence-electron chi connectivity index (χ0n) is 10.1. The summed E-state index contributed by atoms with van der Waals surface area (Å²) >= 11 is 0. The summed E-state index contributed by atoms with van der Waals surface area (Å²) in [6.45, 7) is 0. The first-order chi connectivity index (χ1) is 9.11. The predicted octanol–water partition coefficient (Wildman–Crippen LogP) is 2.35. The molecule has 0 saturated carbocycles. The van der Waals surface area contributed by atoms with Crippen LogP contribution in [-0.2, 0) is 0 Å². The van der Waals surface area contributed by atoms with Gasteiger partial charge in [-0.05, 0) is 24.3 Å². The number of aromatic nitrogens is 1. The monoisotopic (exact) mass is 262 g/mol. The van der Waals surface area contributed by atoms with Crippen LogP contribution < -0.4 is 15.2 Å². The number of rotatable bonds is 3. The lowest BCUT2D eigenvalue weighted by Gasteiger charge is -2.12. The molecule has 6 heteroatoms. The van der Waals surface area contributed by atoms with E-state index in [0.717, 1.165) is 6.20 Å². The Bertz CT molecular complexity index is 599. The van der Waals surface area contributed by atoms with Crippen molar-refractivity contribution >= 4 is 6.09 Å². The third-order valence-corrected chi connectivity index (χ3v) is 2.40. The molecule has 1 aromatic heterocycles. The third-order valence-electron chi connectivity index (χ3n) is 2.40. The summed E-state index contributed by atoms with van der Waals surface area (Å²) in [5.41, 5.74) is 6.04. The highest BCUT2D eigenvalue weighted by Gasteiger charge is 2.14. The summed E-state index contributed by atoms with van der Waals surface area (Å²) in [5.74, 6) is 0.0475. The van der Waals surface area contributed by atoms with E-state index in [1.165, 1.54) is 25.3 Å². The Hall–Kier alpha value is -2.63. The lowest BCUT2D eigenvalue weighted by atomic mass is 10.1. The van der Waals surface area contributed by atoms with Crippen LogP contribution in [0.2, 0.25) is 0 Å². The van der Waals surface area contributed by atoms with Crippen LogP contribution in [0.4, 0.5) is 9.18 Å². The topological polar surface area (TPSA) is 74.4 Å². The molecule has 0 aliphatic carbocycles. The minimum atomic E-state index is -0.942. The second-order valence-electron chi connectivity index (χ2n) is 3.62. The Kier molecular flexibility index (Phi) is 3.61. The molecule has 0 atom stereocenters. The second-order valence-corrected chi connectivity index (χ2v) is 3.62. The molecule has 0 spiro atoms. The van der Waals surface area contributed by atoms with Gasteiger partial charge in [-0.25, -0.2) is 9.18 Å². The van der Waals surface area contributed by atoms with Gasteiger partial charge in [0.2, 0.25) is 0 Å². The quantitative estimate of drug-likeness (QED) is 0.921. The van der Waals surface area contributed by atoms with E-state index in [1.54, 1.807) is 12.1 Å². The van der Waals surface area contributed by atoms with Gasteiger partial charge in [0.05, 0.1) is 19.0 Å². The van der Waals surface area contributed by atoms with E-state index >= 15 is 0 Å². The standard InChI is InChI=1S/C13H11FN2O3/c1-18-12-9(10-6-5-8(14)7-16-10)3-2-4-11(12)19-13(15)17/h2-7H,1H3,(H2,15,17). The Balaban J connectivity index is 2.50. The number of para-hydroxylation sites is 1. The Morgan fingerprint density at radius 1 is 1.32 bits per heavy atom. The van der Waals surface area contributed by atoms with Crippen molar-refractivity contribution in [1.82, 2.24) is 4.98 Å². The van der Waals surface area contributed by atoms with Crippen LogP contribution in [-0.4, -0.2) is 18.2 Å². The maximum atomic E-state index is 12.9. The molecule has 0 unspecified atom stereocenters. The summed E-state index contributed by atoms with van der Waals surface area (Å²) in [6.07, 6.45) is 0.152. The first-order valence-electron chi connectivity index (χ1n) is 5.38. The number of carbonyl (C=O) groups excluding carboxylic acids is 1. The number of halogens is 1. The van der Waals surface area contributed by atoms with Crippen LogP contribution in [0.1, 0.15) is 0 Å². The summed E-state index contributed by atoms with van der Waals surface area (Å²) in [6, 6.07) is 7.69. The molecule has 0 aliphatic rings. The SMILES string of the molecule is COc1c(OC(N)=O)cccc1-c1ccc(F)cn1. The number of hydrogen-bond donors (Lipinski definition) is 1. The third kappa shape index (κ3) is 2.79. The molecule has 98 valence electrons. The van der Waals surface area contributed by atoms with E-state index < -0.39 is 11.9 Å². The van der Waals surface area contributed by atoms with Crippen molar-refractivity contribution in [2.45, 2.75) is 0 Å². The largest absolute Gasteiger partial charge is 0.492 e. The van der Waals surface area contributed by atoms with Gasteiger partial charge in [0.1, 0.15) is 5.82 Å². The van der Waals surface area contributed by atoms with Gasteiger partial charge in [0, 0.05) is 5.56 Å². The number of primary amides is 1. The van der Waals surface area contributed by atoms with Gasteiger partial charge in [0.25, 0.3) is 0 Å². The highest BCUT2D eigenvalue weighted by molar-refractivity contribution is 5.75. The molecule has 2 N–H and O–H groups in total. The van der Waals surface area contributed by atoms with Crippen molar-refractivity contribution in [2.75, 3.05) is 7.11 Å². The zero-order valence-corrected chi connectivity index (χ0v) is 10.1. The number of hydrogen-bond acceptors (Lipinski definition) is 4. The van der Waals surface area contributed by atoms with Gasteiger partial charge in [-0.3, -0.25) is 4.98 Å². The highest BCUT2D eigenvalue weighted by atomic mass is 19.1.